The molecule has 3 N–H and O–H groups in total. The molecule has 158 valence electrons. The van der Waals surface area contributed by atoms with Crippen LogP contribution in [-0.2, 0) is 22.4 Å². The predicted molar refractivity (Wildman–Crippen MR) is 106 cm³/mol. The average Bonchev–Trinajstić information content (AvgIpc) is 3.11. The van der Waals surface area contributed by atoms with Crippen LogP contribution in [0.15, 0.2) is 10.9 Å². The second kappa shape index (κ2) is 7.25. The number of nitrogens with zero attached hydrogens (tertiary/aromatic N) is 1. The minimum Gasteiger partial charge on any atom is -0.388 e. The lowest BCUT2D eigenvalue weighted by molar-refractivity contribution is -0.179. The Bertz CT molecular complexity index is 887. The maximum atomic E-state index is 13.0. The number of pyridine rings is 1. The Balaban J connectivity index is 1.46. The molecule has 2 amide bonds. The average molecular weight is 403 g/mol. The van der Waals surface area contributed by atoms with Crippen LogP contribution in [0.25, 0.3) is 0 Å². The van der Waals surface area contributed by atoms with Crippen molar-refractivity contribution in [2.24, 2.45) is 0 Å². The van der Waals surface area contributed by atoms with Crippen LogP contribution in [-0.4, -0.2) is 63.7 Å². The molecule has 4 rings (SSSR count). The zero-order valence-corrected chi connectivity index (χ0v) is 17.0. The predicted octanol–water partition coefficient (Wildman–Crippen LogP) is 0.514. The highest BCUT2D eigenvalue weighted by Crippen LogP contribution is 2.40. The highest BCUT2D eigenvalue weighted by atomic mass is 16.5. The van der Waals surface area contributed by atoms with Crippen LogP contribution in [0.1, 0.15) is 61.1 Å². The Morgan fingerprint density at radius 1 is 1.31 bits per heavy atom. The van der Waals surface area contributed by atoms with E-state index in [4.69, 9.17) is 4.74 Å². The van der Waals surface area contributed by atoms with Gasteiger partial charge in [0.25, 0.3) is 11.5 Å². The molecule has 3 aliphatic rings. The Kier molecular flexibility index (Phi) is 5.02. The molecule has 1 aromatic rings. The van der Waals surface area contributed by atoms with Crippen molar-refractivity contribution < 1.29 is 19.4 Å². The molecule has 0 unspecified atom stereocenters. The fourth-order valence-corrected chi connectivity index (χ4v) is 5.09. The standard InChI is InChI=1S/C21H29N3O5/c1-13(25)23-20(2)12-21(29-11-17(20)26)6-8-24(9-7-21)19(28)15-10-14-4-3-5-16(14)22-18(15)27/h10,17,26H,3-9,11-12H2,1-2H3,(H,22,27)(H,23,25)/t17-,20-/m0/s1. The van der Waals surface area contributed by atoms with Crippen molar-refractivity contribution in [2.75, 3.05) is 19.7 Å². The van der Waals surface area contributed by atoms with E-state index >= 15 is 0 Å². The van der Waals surface area contributed by atoms with E-state index in [2.05, 4.69) is 10.3 Å². The van der Waals surface area contributed by atoms with Gasteiger partial charge >= 0.3 is 0 Å². The second-order valence-electron chi connectivity index (χ2n) is 8.95. The van der Waals surface area contributed by atoms with Gasteiger partial charge in [0.15, 0.2) is 0 Å². The monoisotopic (exact) mass is 403 g/mol. The van der Waals surface area contributed by atoms with Gasteiger partial charge in [0.2, 0.25) is 5.91 Å². The van der Waals surface area contributed by atoms with E-state index < -0.39 is 17.2 Å². The van der Waals surface area contributed by atoms with Gasteiger partial charge in [-0.25, -0.2) is 0 Å². The fraction of sp³-hybridized carbons (Fsp3) is 0.667. The number of piperidine rings is 1. The first kappa shape index (κ1) is 20.1. The Morgan fingerprint density at radius 2 is 2.03 bits per heavy atom. The molecule has 2 fully saturated rings. The minimum atomic E-state index is -0.776. The van der Waals surface area contributed by atoms with Crippen LogP contribution >= 0.6 is 0 Å². The number of aliphatic hydroxyl groups is 1. The molecular weight excluding hydrogens is 374 g/mol. The first-order chi connectivity index (χ1) is 13.7. The summed E-state index contributed by atoms with van der Waals surface area (Å²) in [7, 11) is 0. The van der Waals surface area contributed by atoms with Gasteiger partial charge in [-0.15, -0.1) is 0 Å². The van der Waals surface area contributed by atoms with Crippen molar-refractivity contribution in [1.82, 2.24) is 15.2 Å². The highest BCUT2D eigenvalue weighted by Gasteiger charge is 2.50. The highest BCUT2D eigenvalue weighted by molar-refractivity contribution is 5.94. The third-order valence-electron chi connectivity index (χ3n) is 6.71. The maximum absolute atomic E-state index is 13.0. The third-order valence-corrected chi connectivity index (χ3v) is 6.71. The van der Waals surface area contributed by atoms with Crippen molar-refractivity contribution in [3.05, 3.63) is 33.2 Å². The first-order valence-electron chi connectivity index (χ1n) is 10.4. The number of H-pyrrole nitrogens is 1. The molecule has 1 aromatic heterocycles. The second-order valence-corrected chi connectivity index (χ2v) is 8.95. The lowest BCUT2D eigenvalue weighted by Crippen LogP contribution is -2.65. The largest absolute Gasteiger partial charge is 0.388 e. The molecule has 0 aromatic carbocycles. The number of ether oxygens (including phenoxy) is 1. The first-order valence-corrected chi connectivity index (χ1v) is 10.4. The number of fused-ring (bicyclic) bond motifs is 1. The lowest BCUT2D eigenvalue weighted by Gasteiger charge is -2.51. The van der Waals surface area contributed by atoms with Crippen LogP contribution in [0.2, 0.25) is 0 Å². The van der Waals surface area contributed by atoms with Crippen LogP contribution in [0.5, 0.6) is 0 Å². The number of likely N-dealkylation sites (tertiary alicyclic amines) is 1. The fourth-order valence-electron chi connectivity index (χ4n) is 5.09. The van der Waals surface area contributed by atoms with Gasteiger partial charge in [0, 0.05) is 32.1 Å². The summed E-state index contributed by atoms with van der Waals surface area (Å²) in [6.07, 6.45) is 3.68. The molecular formula is C21H29N3O5. The number of aromatic amines is 1. The molecule has 0 radical (unpaired) electrons. The van der Waals surface area contributed by atoms with Crippen molar-refractivity contribution in [3.63, 3.8) is 0 Å². The lowest BCUT2D eigenvalue weighted by atomic mass is 9.74. The molecule has 8 nitrogen and oxygen atoms in total. The maximum Gasteiger partial charge on any atom is 0.261 e. The summed E-state index contributed by atoms with van der Waals surface area (Å²) in [6.45, 7) is 4.37. The summed E-state index contributed by atoms with van der Waals surface area (Å²) in [5, 5.41) is 13.2. The van der Waals surface area contributed by atoms with Crippen LogP contribution in [0, 0.1) is 0 Å². The number of aromatic nitrogens is 1. The number of hydrogen-bond donors (Lipinski definition) is 3. The van der Waals surface area contributed by atoms with Crippen molar-refractivity contribution in [2.45, 2.75) is 69.6 Å². The van der Waals surface area contributed by atoms with Gasteiger partial charge < -0.3 is 25.0 Å². The van der Waals surface area contributed by atoms with Gasteiger partial charge in [-0.05, 0) is 50.7 Å². The van der Waals surface area contributed by atoms with E-state index in [1.54, 1.807) is 11.0 Å². The van der Waals surface area contributed by atoms with Gasteiger partial charge in [0.1, 0.15) is 11.7 Å². The molecule has 3 heterocycles. The van der Waals surface area contributed by atoms with Crippen molar-refractivity contribution >= 4 is 11.8 Å². The smallest absolute Gasteiger partial charge is 0.261 e. The van der Waals surface area contributed by atoms with Crippen molar-refractivity contribution in [3.8, 4) is 0 Å². The molecule has 2 saturated heterocycles. The number of carbonyl (C=O) groups excluding carboxylic acids is 2. The number of aryl methyl sites for hydroxylation is 2. The molecule has 0 saturated carbocycles. The van der Waals surface area contributed by atoms with E-state index in [9.17, 15) is 19.5 Å². The topological polar surface area (TPSA) is 112 Å². The summed E-state index contributed by atoms with van der Waals surface area (Å²) < 4.78 is 6.01. The summed E-state index contributed by atoms with van der Waals surface area (Å²) in [6, 6.07) is 1.76. The normalized spacial score (nSPS) is 28.2. The number of amides is 2. The zero-order valence-electron chi connectivity index (χ0n) is 17.0. The molecule has 2 atom stereocenters. The number of nitrogens with one attached hydrogen (secondary N) is 2. The van der Waals surface area contributed by atoms with Gasteiger partial charge in [-0.2, -0.15) is 0 Å². The van der Waals surface area contributed by atoms with Gasteiger partial charge in [-0.3, -0.25) is 14.4 Å². The van der Waals surface area contributed by atoms with Crippen molar-refractivity contribution in [1.29, 1.82) is 0 Å². The molecule has 1 aliphatic carbocycles. The SMILES string of the molecule is CC(=O)N[C@@]1(C)CC2(CCN(C(=O)c3cc4c([nH]c3=O)CCC4)CC2)OC[C@@H]1O. The number of hydrogen-bond acceptors (Lipinski definition) is 5. The summed E-state index contributed by atoms with van der Waals surface area (Å²) in [4.78, 5) is 41.5. The summed E-state index contributed by atoms with van der Waals surface area (Å²) >= 11 is 0. The van der Waals surface area contributed by atoms with Gasteiger partial charge in [-0.1, -0.05) is 0 Å². The molecule has 8 heteroatoms. The van der Waals surface area contributed by atoms with E-state index in [0.717, 1.165) is 30.5 Å². The molecule has 1 spiro atoms. The van der Waals surface area contributed by atoms with Crippen LogP contribution in [0.3, 0.4) is 0 Å². The Morgan fingerprint density at radius 3 is 2.72 bits per heavy atom. The van der Waals surface area contributed by atoms with E-state index in [1.807, 2.05) is 6.92 Å². The quantitative estimate of drug-likeness (QED) is 0.666. The molecule has 0 bridgehead atoms. The summed E-state index contributed by atoms with van der Waals surface area (Å²) in [5.41, 5.74) is 0.675. The van der Waals surface area contributed by atoms with Crippen LogP contribution in [0.4, 0.5) is 0 Å². The minimum absolute atomic E-state index is 0.148. The van der Waals surface area contributed by atoms with E-state index in [0.29, 0.717) is 32.4 Å². The molecule has 29 heavy (non-hydrogen) atoms. The Labute approximate surface area is 169 Å². The third kappa shape index (κ3) is 3.71. The summed E-state index contributed by atoms with van der Waals surface area (Å²) in [5.74, 6) is -0.427. The van der Waals surface area contributed by atoms with E-state index in [1.165, 1.54) is 6.92 Å². The number of aliphatic hydroxyl groups excluding tert-OH is 1. The number of rotatable bonds is 2. The number of carbonyl (C=O) groups is 2. The van der Waals surface area contributed by atoms with Crippen LogP contribution < -0.4 is 10.9 Å². The Hall–Kier alpha value is -2.19. The molecule has 2 aliphatic heterocycles. The zero-order chi connectivity index (χ0) is 20.8. The van der Waals surface area contributed by atoms with Gasteiger partial charge in [0.05, 0.1) is 17.7 Å². The van der Waals surface area contributed by atoms with E-state index in [-0.39, 0.29) is 29.5 Å².